The van der Waals surface area contributed by atoms with Gasteiger partial charge in [0.15, 0.2) is 0 Å². The summed E-state index contributed by atoms with van der Waals surface area (Å²) in [6, 6.07) is 11.4. The number of nitrogens with one attached hydrogen (secondary N) is 1. The number of hydrogen-bond acceptors (Lipinski definition) is 4. The predicted molar refractivity (Wildman–Crippen MR) is 107 cm³/mol. The molecule has 1 atom stereocenters. The maximum Gasteiger partial charge on any atom is 0.317 e. The van der Waals surface area contributed by atoms with Crippen molar-refractivity contribution in [1.29, 1.82) is 0 Å². The van der Waals surface area contributed by atoms with Crippen LogP contribution in [0.25, 0.3) is 0 Å². The molecule has 1 unspecified atom stereocenters. The van der Waals surface area contributed by atoms with Gasteiger partial charge in [0, 0.05) is 57.0 Å². The molecule has 4 rings (SSSR count). The highest BCUT2D eigenvalue weighted by molar-refractivity contribution is 5.75. The summed E-state index contributed by atoms with van der Waals surface area (Å²) in [6.45, 7) is 7.51. The van der Waals surface area contributed by atoms with E-state index in [9.17, 15) is 4.79 Å². The number of benzene rings is 1. The molecule has 6 nitrogen and oxygen atoms in total. The zero-order valence-electron chi connectivity index (χ0n) is 16.2. The van der Waals surface area contributed by atoms with Gasteiger partial charge in [0.25, 0.3) is 0 Å². The molecule has 0 aliphatic carbocycles. The van der Waals surface area contributed by atoms with E-state index in [1.165, 1.54) is 5.69 Å². The molecule has 0 bridgehead atoms. The minimum atomic E-state index is 0.143. The number of piperidine rings is 1. The molecule has 0 spiro atoms. The number of rotatable bonds is 4. The van der Waals surface area contributed by atoms with Crippen LogP contribution in [-0.4, -0.2) is 80.4 Å². The average Bonchev–Trinajstić information content (AvgIpc) is 3.18. The van der Waals surface area contributed by atoms with Gasteiger partial charge in [0.2, 0.25) is 0 Å². The number of morpholine rings is 1. The second-order valence-electron chi connectivity index (χ2n) is 7.95. The Bertz CT molecular complexity index is 597. The van der Waals surface area contributed by atoms with Crippen LogP contribution >= 0.6 is 0 Å². The number of amides is 2. The zero-order valence-corrected chi connectivity index (χ0v) is 16.2. The molecule has 3 aliphatic rings. The minimum Gasteiger partial charge on any atom is -0.379 e. The van der Waals surface area contributed by atoms with Crippen molar-refractivity contribution in [3.63, 3.8) is 0 Å². The van der Waals surface area contributed by atoms with Gasteiger partial charge >= 0.3 is 6.03 Å². The molecule has 1 aromatic carbocycles. The number of para-hydroxylation sites is 1. The molecule has 1 N–H and O–H groups in total. The van der Waals surface area contributed by atoms with E-state index in [0.29, 0.717) is 12.1 Å². The van der Waals surface area contributed by atoms with Gasteiger partial charge in [-0.1, -0.05) is 18.2 Å². The summed E-state index contributed by atoms with van der Waals surface area (Å²) in [4.78, 5) is 19.8. The molecule has 27 heavy (non-hydrogen) atoms. The van der Waals surface area contributed by atoms with E-state index in [2.05, 4.69) is 50.3 Å². The Kier molecular flexibility index (Phi) is 6.14. The van der Waals surface area contributed by atoms with Crippen molar-refractivity contribution in [2.75, 3.05) is 57.4 Å². The van der Waals surface area contributed by atoms with Crippen LogP contribution in [0.5, 0.6) is 0 Å². The lowest BCUT2D eigenvalue weighted by atomic mass is 10.0. The fraction of sp³-hybridized carbons (Fsp3) is 0.667. The van der Waals surface area contributed by atoms with Crippen LogP contribution in [0.3, 0.4) is 0 Å². The number of anilines is 1. The number of carbonyl (C=O) groups is 1. The Balaban J connectivity index is 1.25. The quantitative estimate of drug-likeness (QED) is 0.880. The van der Waals surface area contributed by atoms with E-state index in [1.54, 1.807) is 0 Å². The maximum absolute atomic E-state index is 12.9. The van der Waals surface area contributed by atoms with Gasteiger partial charge in [-0.3, -0.25) is 4.90 Å². The molecule has 148 valence electrons. The third kappa shape index (κ3) is 4.74. The van der Waals surface area contributed by atoms with Crippen molar-refractivity contribution >= 4 is 11.7 Å². The van der Waals surface area contributed by atoms with E-state index in [0.717, 1.165) is 78.2 Å². The number of likely N-dealkylation sites (tertiary alicyclic amines) is 1. The topological polar surface area (TPSA) is 48.1 Å². The van der Waals surface area contributed by atoms with E-state index in [1.807, 2.05) is 0 Å². The molecule has 0 aromatic heterocycles. The van der Waals surface area contributed by atoms with Gasteiger partial charge in [-0.25, -0.2) is 4.79 Å². The molecular weight excluding hydrogens is 340 g/mol. The largest absolute Gasteiger partial charge is 0.379 e. The molecule has 6 heteroatoms. The van der Waals surface area contributed by atoms with Gasteiger partial charge in [-0.15, -0.1) is 0 Å². The van der Waals surface area contributed by atoms with E-state index in [4.69, 9.17) is 4.74 Å². The number of urea groups is 1. The molecule has 3 heterocycles. The average molecular weight is 373 g/mol. The highest BCUT2D eigenvalue weighted by Gasteiger charge is 2.32. The number of hydrogen-bond donors (Lipinski definition) is 1. The molecule has 3 fully saturated rings. The molecule has 3 aliphatic heterocycles. The van der Waals surface area contributed by atoms with Crippen LogP contribution in [0.15, 0.2) is 30.3 Å². The van der Waals surface area contributed by atoms with Crippen molar-refractivity contribution in [3.8, 4) is 0 Å². The summed E-state index contributed by atoms with van der Waals surface area (Å²) >= 11 is 0. The van der Waals surface area contributed by atoms with Crippen molar-refractivity contribution in [2.24, 2.45) is 0 Å². The van der Waals surface area contributed by atoms with Crippen LogP contribution in [0.1, 0.15) is 25.7 Å². The SMILES string of the molecule is O=C(NC1CCN(c2ccccc2)CC1)N1CCCC1CN1CCOCC1. The lowest BCUT2D eigenvalue weighted by molar-refractivity contribution is 0.0291. The fourth-order valence-corrected chi connectivity index (χ4v) is 4.55. The van der Waals surface area contributed by atoms with Crippen LogP contribution in [0, 0.1) is 0 Å². The fourth-order valence-electron chi connectivity index (χ4n) is 4.55. The number of carbonyl (C=O) groups excluding carboxylic acids is 1. The molecule has 3 saturated heterocycles. The summed E-state index contributed by atoms with van der Waals surface area (Å²) in [6.07, 6.45) is 4.28. The first-order valence-corrected chi connectivity index (χ1v) is 10.5. The summed E-state index contributed by atoms with van der Waals surface area (Å²) < 4.78 is 5.44. The summed E-state index contributed by atoms with van der Waals surface area (Å²) in [5, 5.41) is 3.32. The highest BCUT2D eigenvalue weighted by Crippen LogP contribution is 2.22. The summed E-state index contributed by atoms with van der Waals surface area (Å²) in [5.41, 5.74) is 1.28. The van der Waals surface area contributed by atoms with Gasteiger partial charge in [-0.05, 0) is 37.8 Å². The third-order valence-electron chi connectivity index (χ3n) is 6.15. The second kappa shape index (κ2) is 8.93. The molecular formula is C21H32N4O2. The Hall–Kier alpha value is -1.79. The van der Waals surface area contributed by atoms with Crippen LogP contribution < -0.4 is 10.2 Å². The molecule has 1 aromatic rings. The third-order valence-corrected chi connectivity index (χ3v) is 6.15. The van der Waals surface area contributed by atoms with E-state index < -0.39 is 0 Å². The molecule has 0 radical (unpaired) electrons. The first-order valence-electron chi connectivity index (χ1n) is 10.5. The minimum absolute atomic E-state index is 0.143. The molecule has 2 amide bonds. The summed E-state index contributed by atoms with van der Waals surface area (Å²) in [5.74, 6) is 0. The number of ether oxygens (including phenoxy) is 1. The first-order chi connectivity index (χ1) is 13.3. The van der Waals surface area contributed by atoms with Gasteiger partial charge in [-0.2, -0.15) is 0 Å². The standard InChI is InChI=1S/C21H32N4O2/c26-21(25-10-4-7-20(25)17-23-13-15-27-16-14-23)22-18-8-11-24(12-9-18)19-5-2-1-3-6-19/h1-3,5-6,18,20H,4,7-17H2,(H,22,26). The maximum atomic E-state index is 12.9. The van der Waals surface area contributed by atoms with Crippen LogP contribution in [0.4, 0.5) is 10.5 Å². The Labute approximate surface area is 162 Å². The predicted octanol–water partition coefficient (Wildman–Crippen LogP) is 2.16. The normalized spacial score (nSPS) is 25.0. The lowest BCUT2D eigenvalue weighted by Crippen LogP contribution is -2.53. The Morgan fingerprint density at radius 1 is 1.00 bits per heavy atom. The lowest BCUT2D eigenvalue weighted by Gasteiger charge is -2.36. The van der Waals surface area contributed by atoms with Crippen LogP contribution in [-0.2, 0) is 4.74 Å². The van der Waals surface area contributed by atoms with E-state index in [-0.39, 0.29) is 6.03 Å². The summed E-state index contributed by atoms with van der Waals surface area (Å²) in [7, 11) is 0. The van der Waals surface area contributed by atoms with Crippen molar-refractivity contribution < 1.29 is 9.53 Å². The van der Waals surface area contributed by atoms with E-state index >= 15 is 0 Å². The van der Waals surface area contributed by atoms with Gasteiger partial charge in [0.05, 0.1) is 13.2 Å². The van der Waals surface area contributed by atoms with Crippen molar-refractivity contribution in [2.45, 2.75) is 37.8 Å². The highest BCUT2D eigenvalue weighted by atomic mass is 16.5. The molecule has 0 saturated carbocycles. The second-order valence-corrected chi connectivity index (χ2v) is 7.95. The van der Waals surface area contributed by atoms with Gasteiger partial charge < -0.3 is 19.9 Å². The zero-order chi connectivity index (χ0) is 18.5. The van der Waals surface area contributed by atoms with Crippen molar-refractivity contribution in [1.82, 2.24) is 15.1 Å². The van der Waals surface area contributed by atoms with Crippen LogP contribution in [0.2, 0.25) is 0 Å². The smallest absolute Gasteiger partial charge is 0.317 e. The monoisotopic (exact) mass is 372 g/mol. The first kappa shape index (κ1) is 18.6. The Morgan fingerprint density at radius 2 is 1.74 bits per heavy atom. The Morgan fingerprint density at radius 3 is 2.48 bits per heavy atom. The van der Waals surface area contributed by atoms with Gasteiger partial charge in [0.1, 0.15) is 0 Å². The number of nitrogens with zero attached hydrogens (tertiary/aromatic N) is 3. The van der Waals surface area contributed by atoms with Crippen molar-refractivity contribution in [3.05, 3.63) is 30.3 Å².